The van der Waals surface area contributed by atoms with E-state index in [1.54, 1.807) is 11.5 Å². The number of benzene rings is 2. The number of nitrogens with one attached hydrogen (secondary N) is 1. The van der Waals surface area contributed by atoms with E-state index < -0.39 is 29.3 Å². The lowest BCUT2D eigenvalue weighted by Crippen LogP contribution is -2.46. The van der Waals surface area contributed by atoms with Crippen molar-refractivity contribution in [3.63, 3.8) is 0 Å². The van der Waals surface area contributed by atoms with Crippen molar-refractivity contribution < 1.29 is 26.7 Å². The molecular formula is C28H31F5N4O. The maximum atomic E-state index is 14.6. The highest BCUT2D eigenvalue weighted by Gasteiger charge is 2.31. The van der Waals surface area contributed by atoms with Crippen molar-refractivity contribution >= 4 is 11.6 Å². The van der Waals surface area contributed by atoms with E-state index in [1.807, 2.05) is 6.92 Å². The van der Waals surface area contributed by atoms with Gasteiger partial charge in [0.1, 0.15) is 17.3 Å². The number of likely N-dealkylation sites (N-methyl/N-ethyl adjacent to an activating group) is 1. The van der Waals surface area contributed by atoms with Crippen molar-refractivity contribution in [2.75, 3.05) is 37.6 Å². The highest BCUT2D eigenvalue weighted by Crippen LogP contribution is 2.33. The summed E-state index contributed by atoms with van der Waals surface area (Å²) < 4.78 is 70.1. The fourth-order valence-corrected chi connectivity index (χ4v) is 5.09. The van der Waals surface area contributed by atoms with Gasteiger partial charge in [0.25, 0.3) is 5.91 Å². The van der Waals surface area contributed by atoms with Gasteiger partial charge >= 0.3 is 6.18 Å². The average Bonchev–Trinajstić information content (AvgIpc) is 3.13. The van der Waals surface area contributed by atoms with E-state index in [-0.39, 0.29) is 29.9 Å². The smallest absolute Gasteiger partial charge is 0.367 e. The number of halogens is 5. The Kier molecular flexibility index (Phi) is 8.10. The fraction of sp³-hybridized carbons (Fsp3) is 0.393. The van der Waals surface area contributed by atoms with Crippen LogP contribution in [0.3, 0.4) is 0 Å². The molecule has 1 fully saturated rings. The molecule has 0 aliphatic carbocycles. The third-order valence-electron chi connectivity index (χ3n) is 7.16. The van der Waals surface area contributed by atoms with Gasteiger partial charge in [0.2, 0.25) is 0 Å². The Morgan fingerprint density at radius 3 is 2.21 bits per heavy atom. The van der Waals surface area contributed by atoms with E-state index >= 15 is 0 Å². The van der Waals surface area contributed by atoms with Crippen LogP contribution in [0.15, 0.2) is 42.5 Å². The number of aromatic nitrogens is 1. The lowest BCUT2D eigenvalue weighted by atomic mass is 10.1. The maximum absolute atomic E-state index is 14.6. The first kappa shape index (κ1) is 27.6. The third-order valence-corrected chi connectivity index (χ3v) is 7.16. The Hall–Kier alpha value is -3.40. The molecule has 0 bridgehead atoms. The minimum atomic E-state index is -4.50. The van der Waals surface area contributed by atoms with Gasteiger partial charge < -0.3 is 19.7 Å². The van der Waals surface area contributed by atoms with Crippen molar-refractivity contribution in [1.82, 2.24) is 14.8 Å². The van der Waals surface area contributed by atoms with E-state index in [0.29, 0.717) is 11.3 Å². The lowest BCUT2D eigenvalue weighted by molar-refractivity contribution is -0.137. The molecule has 1 saturated heterocycles. The van der Waals surface area contributed by atoms with Crippen LogP contribution in [-0.4, -0.2) is 48.1 Å². The third kappa shape index (κ3) is 5.70. The molecule has 10 heteroatoms. The first-order chi connectivity index (χ1) is 18.0. The topological polar surface area (TPSA) is 40.5 Å². The SMILES string of the molecule is CCN1CCN(c2c(C)c(C(=O)NCc3cccc(C(F)(F)F)c3)n(Cc3c(F)cccc3F)c2C)CC1. The van der Waals surface area contributed by atoms with Gasteiger partial charge in [-0.05, 0) is 50.2 Å². The molecule has 1 aliphatic rings. The van der Waals surface area contributed by atoms with Gasteiger partial charge in [-0.2, -0.15) is 13.2 Å². The number of anilines is 1. The number of carbonyl (C=O) groups is 1. The molecule has 38 heavy (non-hydrogen) atoms. The summed E-state index contributed by atoms with van der Waals surface area (Å²) >= 11 is 0. The normalized spacial score (nSPS) is 14.7. The molecule has 0 unspecified atom stereocenters. The van der Waals surface area contributed by atoms with Crippen LogP contribution >= 0.6 is 0 Å². The van der Waals surface area contributed by atoms with Crippen LogP contribution in [0.1, 0.15) is 45.4 Å². The van der Waals surface area contributed by atoms with Crippen molar-refractivity contribution in [3.05, 3.63) is 87.7 Å². The molecular weight excluding hydrogens is 503 g/mol. The van der Waals surface area contributed by atoms with Crippen LogP contribution in [-0.2, 0) is 19.3 Å². The molecule has 2 heterocycles. The van der Waals surface area contributed by atoms with Crippen molar-refractivity contribution in [1.29, 1.82) is 0 Å². The maximum Gasteiger partial charge on any atom is 0.416 e. The summed E-state index contributed by atoms with van der Waals surface area (Å²) in [6.45, 7) is 9.47. The zero-order valence-corrected chi connectivity index (χ0v) is 21.6. The van der Waals surface area contributed by atoms with Crippen molar-refractivity contribution in [3.8, 4) is 0 Å². The second-order valence-corrected chi connectivity index (χ2v) is 9.50. The summed E-state index contributed by atoms with van der Waals surface area (Å²) in [4.78, 5) is 18.0. The second-order valence-electron chi connectivity index (χ2n) is 9.50. The lowest BCUT2D eigenvalue weighted by Gasteiger charge is -2.36. The van der Waals surface area contributed by atoms with E-state index in [1.165, 1.54) is 30.3 Å². The summed E-state index contributed by atoms with van der Waals surface area (Å²) in [7, 11) is 0. The average molecular weight is 535 g/mol. The molecule has 1 aliphatic heterocycles. The van der Waals surface area contributed by atoms with Crippen LogP contribution in [0.4, 0.5) is 27.6 Å². The molecule has 1 N–H and O–H groups in total. The molecule has 0 radical (unpaired) electrons. The van der Waals surface area contributed by atoms with Gasteiger partial charge in [-0.15, -0.1) is 0 Å². The molecule has 2 aromatic carbocycles. The molecule has 1 aromatic heterocycles. The Labute approximate surface area is 218 Å². The highest BCUT2D eigenvalue weighted by atomic mass is 19.4. The summed E-state index contributed by atoms with van der Waals surface area (Å²) in [5, 5.41) is 2.71. The number of alkyl halides is 3. The van der Waals surface area contributed by atoms with Crippen molar-refractivity contribution in [2.45, 2.75) is 40.0 Å². The van der Waals surface area contributed by atoms with E-state index in [2.05, 4.69) is 22.0 Å². The first-order valence-electron chi connectivity index (χ1n) is 12.6. The number of amides is 1. The van der Waals surface area contributed by atoms with Gasteiger partial charge in [-0.1, -0.05) is 25.1 Å². The van der Waals surface area contributed by atoms with E-state index in [4.69, 9.17) is 0 Å². The summed E-state index contributed by atoms with van der Waals surface area (Å²) in [5.74, 6) is -1.97. The van der Waals surface area contributed by atoms with Crippen LogP contribution < -0.4 is 10.2 Å². The number of hydrogen-bond donors (Lipinski definition) is 1. The zero-order chi connectivity index (χ0) is 27.6. The standard InChI is InChI=1S/C28H31F5N4O/c1-4-35-11-13-36(14-12-35)25-18(2)26(37(19(25)3)17-22-23(29)9-6-10-24(22)30)27(38)34-16-20-7-5-8-21(15-20)28(31,32)33/h5-10,15H,4,11-14,16-17H2,1-3H3,(H,34,38). The number of piperazine rings is 1. The largest absolute Gasteiger partial charge is 0.416 e. The first-order valence-corrected chi connectivity index (χ1v) is 12.6. The van der Waals surface area contributed by atoms with Gasteiger partial charge in [0.15, 0.2) is 0 Å². The number of nitrogens with zero attached hydrogens (tertiary/aromatic N) is 3. The van der Waals surface area contributed by atoms with Crippen LogP contribution in [0, 0.1) is 25.5 Å². The van der Waals surface area contributed by atoms with Crippen LogP contribution in [0.5, 0.6) is 0 Å². The number of carbonyl (C=O) groups excluding carboxylic acids is 1. The van der Waals surface area contributed by atoms with E-state index in [9.17, 15) is 26.7 Å². The van der Waals surface area contributed by atoms with Gasteiger partial charge in [0.05, 0.1) is 17.8 Å². The number of hydrogen-bond acceptors (Lipinski definition) is 3. The summed E-state index contributed by atoms with van der Waals surface area (Å²) in [6, 6.07) is 8.37. The fourth-order valence-electron chi connectivity index (χ4n) is 5.09. The zero-order valence-electron chi connectivity index (χ0n) is 21.6. The Morgan fingerprint density at radius 2 is 1.61 bits per heavy atom. The highest BCUT2D eigenvalue weighted by molar-refractivity contribution is 5.96. The second kappa shape index (κ2) is 11.1. The summed E-state index contributed by atoms with van der Waals surface area (Å²) in [5.41, 5.74) is 1.73. The van der Waals surface area contributed by atoms with E-state index in [0.717, 1.165) is 50.5 Å². The van der Waals surface area contributed by atoms with Crippen molar-refractivity contribution in [2.24, 2.45) is 0 Å². The van der Waals surface area contributed by atoms with Crippen LogP contribution in [0.2, 0.25) is 0 Å². The van der Waals surface area contributed by atoms with Crippen LogP contribution in [0.25, 0.3) is 0 Å². The molecule has 204 valence electrons. The Bertz CT molecular complexity index is 1290. The Morgan fingerprint density at radius 1 is 0.974 bits per heavy atom. The monoisotopic (exact) mass is 534 g/mol. The Balaban J connectivity index is 1.68. The molecule has 5 nitrogen and oxygen atoms in total. The molecule has 1 amide bonds. The molecule has 4 rings (SSSR count). The molecule has 0 saturated carbocycles. The predicted molar refractivity (Wildman–Crippen MR) is 136 cm³/mol. The van der Waals surface area contributed by atoms with Gasteiger partial charge in [-0.25, -0.2) is 8.78 Å². The minimum absolute atomic E-state index is 0.134. The molecule has 0 atom stereocenters. The van der Waals surface area contributed by atoms with Gasteiger partial charge in [-0.3, -0.25) is 4.79 Å². The molecule has 3 aromatic rings. The summed E-state index contributed by atoms with van der Waals surface area (Å²) in [6.07, 6.45) is -4.50. The predicted octanol–water partition coefficient (Wildman–Crippen LogP) is 5.52. The number of rotatable bonds is 7. The minimum Gasteiger partial charge on any atom is -0.367 e. The quantitative estimate of drug-likeness (QED) is 0.406. The molecule has 0 spiro atoms. The van der Waals surface area contributed by atoms with Gasteiger partial charge in [0, 0.05) is 49.5 Å².